The van der Waals surface area contributed by atoms with Crippen LogP contribution in [0.15, 0.2) is 208 Å². The van der Waals surface area contributed by atoms with E-state index in [0.717, 1.165) is 6.42 Å². The second-order valence-corrected chi connectivity index (χ2v) is 6.77. The van der Waals surface area contributed by atoms with Gasteiger partial charge in [0.1, 0.15) is 37.6 Å². The molecule has 0 saturated carbocycles. The highest BCUT2D eigenvalue weighted by Crippen LogP contribution is 1.86. The van der Waals surface area contributed by atoms with Gasteiger partial charge in [-0.15, -0.1) is 10.2 Å². The minimum absolute atomic E-state index is 0. The van der Waals surface area contributed by atoms with Crippen LogP contribution < -0.4 is 0 Å². The van der Waals surface area contributed by atoms with Crippen LogP contribution in [0.3, 0.4) is 0 Å². The molecule has 51 heavy (non-hydrogen) atoms. The van der Waals surface area contributed by atoms with Crippen molar-refractivity contribution in [3.63, 3.8) is 0 Å². The van der Waals surface area contributed by atoms with Crippen molar-refractivity contribution < 1.29 is 40.2 Å². The molecule has 268 valence electrons. The quantitative estimate of drug-likeness (QED) is 0.178. The number of allylic oxidation sites excluding steroid dienone is 1. The molecule has 10 heterocycles. The van der Waals surface area contributed by atoms with Gasteiger partial charge in [-0.25, -0.2) is 29.9 Å². The number of nitrogens with zero attached hydrogens (tertiary/aromatic N) is 13. The Balaban J connectivity index is 0.000000543. The van der Waals surface area contributed by atoms with Crippen LogP contribution in [0.1, 0.15) is 13.8 Å². The minimum Gasteiger partial charge on any atom is -0.452 e. The third-order valence-electron chi connectivity index (χ3n) is 3.47. The highest BCUT2D eigenvalue weighted by molar-refractivity contribution is 5.62. The lowest BCUT2D eigenvalue weighted by molar-refractivity contribution is 0.416. The topological polar surface area (TPSA) is 285 Å². The van der Waals surface area contributed by atoms with Gasteiger partial charge in [-0.3, -0.25) is 4.99 Å². The van der Waals surface area contributed by atoms with Crippen molar-refractivity contribution in [3.8, 4) is 0 Å². The lowest BCUT2D eigenvalue weighted by Gasteiger charge is -1.54. The maximum atomic E-state index is 4.47. The van der Waals surface area contributed by atoms with E-state index < -0.39 is 0 Å². The molecular formula is C29H33N13O9. The lowest BCUT2D eigenvalue weighted by Crippen LogP contribution is -1.53. The number of aliphatic imine (C=N–C) groups is 1. The van der Waals surface area contributed by atoms with Gasteiger partial charge in [0.15, 0.2) is 38.2 Å². The van der Waals surface area contributed by atoms with Crippen molar-refractivity contribution >= 4 is 6.21 Å². The van der Waals surface area contributed by atoms with Crippen molar-refractivity contribution in [3.05, 3.63) is 163 Å². The smallest absolute Gasteiger partial charge is 0.213 e. The summed E-state index contributed by atoms with van der Waals surface area (Å²) in [6.45, 7) is 0. The molecule has 0 spiro atoms. The molecule has 9 aromatic rings. The summed E-state index contributed by atoms with van der Waals surface area (Å²) in [7, 11) is 0. The number of oxazole rings is 4. The first-order chi connectivity index (χ1) is 25.0. The summed E-state index contributed by atoms with van der Waals surface area (Å²) in [4.78, 5) is 24.9. The first-order valence-corrected chi connectivity index (χ1v) is 13.2. The molecule has 0 radical (unpaired) electrons. The van der Waals surface area contributed by atoms with Gasteiger partial charge in [-0.05, 0) is 12.1 Å². The number of hydrogen-bond donors (Lipinski definition) is 0. The third-order valence-corrected chi connectivity index (χ3v) is 3.47. The Labute approximate surface area is 289 Å². The van der Waals surface area contributed by atoms with E-state index in [0.29, 0.717) is 0 Å². The predicted octanol–water partition coefficient (Wildman–Crippen LogP) is 5.87. The maximum Gasteiger partial charge on any atom is 0.213 e. The van der Waals surface area contributed by atoms with Crippen LogP contribution in [0.2, 0.25) is 0 Å². The summed E-state index contributed by atoms with van der Waals surface area (Å²) in [5.41, 5.74) is 0. The Morgan fingerprint density at radius 1 is 0.392 bits per heavy atom. The van der Waals surface area contributed by atoms with Gasteiger partial charge < -0.3 is 40.2 Å². The Bertz CT molecular complexity index is 1120. The SMILES string of the molecule is C.C1=CN=CC1.c1cnoc1.c1cnoc1.c1cocn1.c1cocn1.c1cocn1.c1cocn1.c1ncon1.c1ncon1.c1nnco1. The molecule has 1 aliphatic heterocycles. The van der Waals surface area contributed by atoms with Gasteiger partial charge in [0, 0.05) is 18.8 Å². The minimum atomic E-state index is 0. The van der Waals surface area contributed by atoms with Gasteiger partial charge in [-0.1, -0.05) is 34.1 Å². The van der Waals surface area contributed by atoms with E-state index in [4.69, 9.17) is 0 Å². The normalized spacial score (nSPS) is 8.78. The highest BCUT2D eigenvalue weighted by Gasteiger charge is 1.73. The Hall–Kier alpha value is -7.91. The summed E-state index contributed by atoms with van der Waals surface area (Å²) >= 11 is 0. The fourth-order valence-corrected chi connectivity index (χ4v) is 1.77. The number of rotatable bonds is 0. The average Bonchev–Trinajstić information content (AvgIpc) is 4.08. The molecule has 10 rings (SSSR count). The Kier molecular flexibility index (Phi) is 33.9. The molecule has 0 atom stereocenters. The summed E-state index contributed by atoms with van der Waals surface area (Å²) < 4.78 is 39.4. The molecule has 0 amide bonds. The van der Waals surface area contributed by atoms with Crippen LogP contribution in [0.5, 0.6) is 0 Å². The summed E-state index contributed by atoms with van der Waals surface area (Å²) in [5, 5.41) is 19.8. The molecule has 0 unspecified atom stereocenters. The van der Waals surface area contributed by atoms with Gasteiger partial charge in [0.05, 0.1) is 37.2 Å². The van der Waals surface area contributed by atoms with E-state index in [1.807, 2.05) is 12.3 Å². The zero-order chi connectivity index (χ0) is 35.4. The molecule has 0 aliphatic carbocycles. The van der Waals surface area contributed by atoms with E-state index in [2.05, 4.69) is 106 Å². The zero-order valence-electron chi connectivity index (χ0n) is 25.8. The van der Waals surface area contributed by atoms with Gasteiger partial charge in [0.25, 0.3) is 0 Å². The van der Waals surface area contributed by atoms with Crippen LogP contribution in [-0.2, 0) is 0 Å². The monoisotopic (exact) mass is 707 g/mol. The molecule has 1 aliphatic rings. The molecule has 22 heteroatoms. The van der Waals surface area contributed by atoms with Crippen molar-refractivity contribution in [1.29, 1.82) is 0 Å². The fourth-order valence-electron chi connectivity index (χ4n) is 1.77. The first-order valence-electron chi connectivity index (χ1n) is 13.2. The van der Waals surface area contributed by atoms with Crippen LogP contribution in [0.25, 0.3) is 0 Å². The van der Waals surface area contributed by atoms with Crippen LogP contribution in [0, 0.1) is 0 Å². The van der Waals surface area contributed by atoms with Gasteiger partial charge in [0.2, 0.25) is 25.6 Å². The molecule has 0 fully saturated rings. The number of aromatic nitrogens is 12. The zero-order valence-corrected chi connectivity index (χ0v) is 25.8. The molecule has 0 N–H and O–H groups in total. The van der Waals surface area contributed by atoms with E-state index >= 15 is 0 Å². The molecule has 0 saturated heterocycles. The second kappa shape index (κ2) is 40.1. The standard InChI is InChI=1S/C4H5N.6C3H3NO.3C2H2N2O.CH4/c1-2-4-5-3-1;4*1-2-5-3-4-1;2*1-2-4-5-3-1;1-3-4-2-5-1;2*1-3-2-5-4-1;/h1,3-4H,2H2;6*1-3H;3*1-2H;1H4. The summed E-state index contributed by atoms with van der Waals surface area (Å²) in [5.74, 6) is 0. The van der Waals surface area contributed by atoms with Gasteiger partial charge >= 0.3 is 0 Å². The second-order valence-electron chi connectivity index (χ2n) is 6.77. The van der Waals surface area contributed by atoms with Crippen molar-refractivity contribution in [2.24, 2.45) is 4.99 Å². The van der Waals surface area contributed by atoms with Crippen LogP contribution >= 0.6 is 0 Å². The van der Waals surface area contributed by atoms with E-state index in [1.54, 1.807) is 55.5 Å². The van der Waals surface area contributed by atoms with Crippen LogP contribution in [-0.4, -0.2) is 66.9 Å². The average molecular weight is 708 g/mol. The number of hydrogen-bond acceptors (Lipinski definition) is 22. The van der Waals surface area contributed by atoms with Crippen molar-refractivity contribution in [1.82, 2.24) is 60.7 Å². The third kappa shape index (κ3) is 38.2. The van der Waals surface area contributed by atoms with Gasteiger partial charge in [-0.2, -0.15) is 0 Å². The molecule has 22 nitrogen and oxygen atoms in total. The molecule has 0 bridgehead atoms. The van der Waals surface area contributed by atoms with Crippen molar-refractivity contribution in [2.75, 3.05) is 0 Å². The molecule has 0 aromatic carbocycles. The fraction of sp³-hybridized carbons (Fsp3) is 0.0690. The predicted molar refractivity (Wildman–Crippen MR) is 171 cm³/mol. The molecule has 9 aromatic heterocycles. The maximum absolute atomic E-state index is 4.47. The van der Waals surface area contributed by atoms with Crippen molar-refractivity contribution in [2.45, 2.75) is 13.8 Å². The van der Waals surface area contributed by atoms with E-state index in [1.165, 1.54) is 101 Å². The first kappa shape index (κ1) is 43.1. The summed E-state index contributed by atoms with van der Waals surface area (Å²) in [6, 6.07) is 3.44. The molecular weight excluding hydrogens is 674 g/mol. The Morgan fingerprint density at radius 2 is 0.843 bits per heavy atom. The van der Waals surface area contributed by atoms with Crippen LogP contribution in [0.4, 0.5) is 0 Å². The van der Waals surface area contributed by atoms with E-state index in [9.17, 15) is 0 Å². The van der Waals surface area contributed by atoms with E-state index in [-0.39, 0.29) is 7.43 Å². The summed E-state index contributed by atoms with van der Waals surface area (Å²) in [6.07, 6.45) is 38.5. The highest BCUT2D eigenvalue weighted by atomic mass is 16.5. The lowest BCUT2D eigenvalue weighted by atomic mass is 10.5. The largest absolute Gasteiger partial charge is 0.452 e. The Morgan fingerprint density at radius 3 is 0.941 bits per heavy atom.